The van der Waals surface area contributed by atoms with Crippen LogP contribution in [0.5, 0.6) is 0 Å². The van der Waals surface area contributed by atoms with Gasteiger partial charge in [0, 0.05) is 49.2 Å². The molecule has 1 heterocycles. The van der Waals surface area contributed by atoms with E-state index in [1.807, 2.05) is 30.3 Å². The molecule has 0 aliphatic rings. The van der Waals surface area contributed by atoms with Crippen molar-refractivity contribution in [2.75, 3.05) is 38.1 Å². The maximum absolute atomic E-state index is 5.96. The van der Waals surface area contributed by atoms with Gasteiger partial charge in [-0.2, -0.15) is 4.37 Å². The third-order valence-electron chi connectivity index (χ3n) is 4.66. The highest BCUT2D eigenvalue weighted by atomic mass is 35.5. The van der Waals surface area contributed by atoms with Gasteiger partial charge in [0.2, 0.25) is 5.13 Å². The fourth-order valence-corrected chi connectivity index (χ4v) is 3.83. The highest BCUT2D eigenvalue weighted by Crippen LogP contribution is 2.19. The van der Waals surface area contributed by atoms with Gasteiger partial charge in [-0.15, -0.1) is 0 Å². The molecule has 0 bridgehead atoms. The summed E-state index contributed by atoms with van der Waals surface area (Å²) in [4.78, 5) is 9.36. The Hall–Kier alpha value is -2.21. The third kappa shape index (κ3) is 6.96. The lowest BCUT2D eigenvalue weighted by atomic mass is 10.1. The molecule has 0 aliphatic heterocycles. The number of rotatable bonds is 10. The molecule has 0 saturated carbocycles. The Labute approximate surface area is 182 Å². The summed E-state index contributed by atoms with van der Waals surface area (Å²) in [6, 6.07) is 18.3. The fourth-order valence-electron chi connectivity index (χ4n) is 2.93. The number of nitrogens with zero attached hydrogens (tertiary/aromatic N) is 4. The molecule has 0 spiro atoms. The molecule has 0 radical (unpaired) electrons. The van der Waals surface area contributed by atoms with E-state index in [1.165, 1.54) is 22.7 Å². The van der Waals surface area contributed by atoms with Gasteiger partial charge < -0.3 is 9.80 Å². The number of hydrogen-bond donors (Lipinski definition) is 0. The highest BCUT2D eigenvalue weighted by Gasteiger charge is 2.12. The largest absolute Gasteiger partial charge is 0.346 e. The van der Waals surface area contributed by atoms with Crippen molar-refractivity contribution < 1.29 is 0 Å². The van der Waals surface area contributed by atoms with Crippen molar-refractivity contribution in [1.82, 2.24) is 14.3 Å². The summed E-state index contributed by atoms with van der Waals surface area (Å²) in [5, 5.41) is 1.74. The van der Waals surface area contributed by atoms with Gasteiger partial charge in [-0.3, -0.25) is 0 Å². The van der Waals surface area contributed by atoms with Crippen LogP contribution in [0.2, 0.25) is 5.02 Å². The highest BCUT2D eigenvalue weighted by molar-refractivity contribution is 7.09. The summed E-state index contributed by atoms with van der Waals surface area (Å²) in [7, 11) is 2.15. The Morgan fingerprint density at radius 3 is 2.52 bits per heavy atom. The lowest BCUT2D eigenvalue weighted by molar-refractivity contribution is 0.377. The average Bonchev–Trinajstić information content (AvgIpc) is 3.19. The predicted octanol–water partition coefficient (Wildman–Crippen LogP) is 5.25. The van der Waals surface area contributed by atoms with Crippen LogP contribution in [-0.2, 0) is 6.42 Å². The summed E-state index contributed by atoms with van der Waals surface area (Å²) in [6.07, 6.45) is 5.11. The lowest BCUT2D eigenvalue weighted by Crippen LogP contribution is -2.33. The second-order valence-corrected chi connectivity index (χ2v) is 8.12. The Balaban J connectivity index is 1.48. The molecule has 2 aromatic carbocycles. The molecule has 29 heavy (non-hydrogen) atoms. The van der Waals surface area contributed by atoms with E-state index in [0.29, 0.717) is 0 Å². The van der Waals surface area contributed by atoms with E-state index in [-0.39, 0.29) is 0 Å². The Kier molecular flexibility index (Phi) is 8.23. The first-order valence-corrected chi connectivity index (χ1v) is 11.0. The molecule has 3 aromatic rings. The lowest BCUT2D eigenvalue weighted by Gasteiger charge is -2.22. The van der Waals surface area contributed by atoms with Crippen LogP contribution >= 0.6 is 23.1 Å². The van der Waals surface area contributed by atoms with Gasteiger partial charge in [-0.05, 0) is 37.2 Å². The van der Waals surface area contributed by atoms with E-state index in [2.05, 4.69) is 64.6 Å². The molecule has 0 unspecified atom stereocenters. The standard InChI is InChI=1S/C23H27ClN4S/c1-3-28(17-16-27(2)15-7-10-19-8-5-4-6-9-19)23-25-22(26-29-23)18-20-11-13-21(24)14-12-20/h4-14H,3,15-18H2,1-2H3/b10-7+. The van der Waals surface area contributed by atoms with Crippen LogP contribution in [0.25, 0.3) is 6.08 Å². The molecule has 0 amide bonds. The number of hydrogen-bond acceptors (Lipinski definition) is 5. The molecule has 0 fully saturated rings. The molecule has 1 aromatic heterocycles. The normalized spacial score (nSPS) is 11.4. The number of anilines is 1. The third-order valence-corrected chi connectivity index (χ3v) is 5.73. The number of aromatic nitrogens is 2. The van der Waals surface area contributed by atoms with Gasteiger partial charge in [-0.25, -0.2) is 4.98 Å². The summed E-state index contributed by atoms with van der Waals surface area (Å²) < 4.78 is 4.54. The molecular formula is C23H27ClN4S. The van der Waals surface area contributed by atoms with Gasteiger partial charge in [0.15, 0.2) is 0 Å². The summed E-state index contributed by atoms with van der Waals surface area (Å²) in [5.74, 6) is 0.866. The van der Waals surface area contributed by atoms with E-state index in [1.54, 1.807) is 0 Å². The monoisotopic (exact) mass is 426 g/mol. The van der Waals surface area contributed by atoms with E-state index < -0.39 is 0 Å². The van der Waals surface area contributed by atoms with Crippen LogP contribution in [0.1, 0.15) is 23.9 Å². The van der Waals surface area contributed by atoms with Gasteiger partial charge in [0.25, 0.3) is 0 Å². The van der Waals surface area contributed by atoms with Crippen molar-refractivity contribution in [2.24, 2.45) is 0 Å². The summed E-state index contributed by atoms with van der Waals surface area (Å²) in [6.45, 7) is 5.91. The van der Waals surface area contributed by atoms with Crippen LogP contribution in [0.15, 0.2) is 60.7 Å². The van der Waals surface area contributed by atoms with Crippen molar-refractivity contribution >= 4 is 34.3 Å². The minimum atomic E-state index is 0.732. The maximum Gasteiger partial charge on any atom is 0.205 e. The zero-order valence-electron chi connectivity index (χ0n) is 17.0. The first-order chi connectivity index (χ1) is 14.1. The second-order valence-electron chi connectivity index (χ2n) is 6.95. The van der Waals surface area contributed by atoms with Crippen molar-refractivity contribution in [3.8, 4) is 0 Å². The van der Waals surface area contributed by atoms with E-state index in [0.717, 1.165) is 48.6 Å². The molecule has 4 nitrogen and oxygen atoms in total. The molecule has 3 rings (SSSR count). The Morgan fingerprint density at radius 2 is 1.79 bits per heavy atom. The van der Waals surface area contributed by atoms with Gasteiger partial charge in [-0.1, -0.05) is 66.2 Å². The predicted molar refractivity (Wildman–Crippen MR) is 125 cm³/mol. The molecule has 0 aliphatic carbocycles. The molecule has 0 atom stereocenters. The molecule has 0 saturated heterocycles. The minimum absolute atomic E-state index is 0.732. The molecule has 6 heteroatoms. The minimum Gasteiger partial charge on any atom is -0.346 e. The fraction of sp³-hybridized carbons (Fsp3) is 0.304. The first-order valence-electron chi connectivity index (χ1n) is 9.86. The van der Waals surface area contributed by atoms with Crippen molar-refractivity contribution in [1.29, 1.82) is 0 Å². The van der Waals surface area contributed by atoms with Crippen LogP contribution < -0.4 is 4.90 Å². The smallest absolute Gasteiger partial charge is 0.205 e. The zero-order chi connectivity index (χ0) is 20.5. The number of benzene rings is 2. The maximum atomic E-state index is 5.96. The quantitative estimate of drug-likeness (QED) is 0.443. The SMILES string of the molecule is CCN(CCN(C)C/C=C/c1ccccc1)c1nc(Cc2ccc(Cl)cc2)ns1. The summed E-state index contributed by atoms with van der Waals surface area (Å²) in [5.41, 5.74) is 2.41. The van der Waals surface area contributed by atoms with Gasteiger partial charge >= 0.3 is 0 Å². The number of halogens is 1. The Morgan fingerprint density at radius 1 is 1.03 bits per heavy atom. The summed E-state index contributed by atoms with van der Waals surface area (Å²) >= 11 is 7.44. The van der Waals surface area contributed by atoms with Crippen molar-refractivity contribution in [2.45, 2.75) is 13.3 Å². The first kappa shape index (κ1) is 21.5. The Bertz CT molecular complexity index is 893. The van der Waals surface area contributed by atoms with Crippen molar-refractivity contribution in [3.05, 3.63) is 82.6 Å². The second kappa shape index (κ2) is 11.1. The van der Waals surface area contributed by atoms with Gasteiger partial charge in [0.05, 0.1) is 0 Å². The van der Waals surface area contributed by atoms with Crippen molar-refractivity contribution in [3.63, 3.8) is 0 Å². The average molecular weight is 427 g/mol. The topological polar surface area (TPSA) is 32.3 Å². The van der Waals surface area contributed by atoms with Crippen LogP contribution in [0, 0.1) is 0 Å². The van der Waals surface area contributed by atoms with E-state index in [4.69, 9.17) is 16.6 Å². The van der Waals surface area contributed by atoms with E-state index in [9.17, 15) is 0 Å². The van der Waals surface area contributed by atoms with Gasteiger partial charge in [0.1, 0.15) is 5.82 Å². The van der Waals surface area contributed by atoms with Crippen LogP contribution in [-0.4, -0.2) is 47.5 Å². The number of likely N-dealkylation sites (N-methyl/N-ethyl adjacent to an activating group) is 2. The van der Waals surface area contributed by atoms with E-state index >= 15 is 0 Å². The van der Waals surface area contributed by atoms with Crippen LogP contribution in [0.3, 0.4) is 0 Å². The molecular weight excluding hydrogens is 400 g/mol. The van der Waals surface area contributed by atoms with Crippen LogP contribution in [0.4, 0.5) is 5.13 Å². The molecule has 0 N–H and O–H groups in total. The molecule has 152 valence electrons. The zero-order valence-corrected chi connectivity index (χ0v) is 18.5.